The first-order chi connectivity index (χ1) is 10.8. The van der Waals surface area contributed by atoms with Gasteiger partial charge in [0.2, 0.25) is 0 Å². The quantitative estimate of drug-likeness (QED) is 0.919. The number of aromatic nitrogens is 1. The van der Waals surface area contributed by atoms with Crippen LogP contribution in [0, 0.1) is 11.3 Å². The fourth-order valence-corrected chi connectivity index (χ4v) is 1.73. The summed E-state index contributed by atoms with van der Waals surface area (Å²) in [5.74, 6) is 0. The van der Waals surface area contributed by atoms with Crippen molar-refractivity contribution >= 4 is 12.2 Å². The molecular weight excluding hydrogens is 278 g/mol. The molecule has 0 unspecified atom stereocenters. The minimum Gasteiger partial charge on any atom is -0.445 e. The average Bonchev–Trinajstić information content (AvgIpc) is 2.58. The highest BCUT2D eigenvalue weighted by Gasteiger charge is 2.01. The minimum absolute atomic E-state index is 0.231. The first-order valence-electron chi connectivity index (χ1n) is 6.76. The number of nitriles is 1. The molecule has 1 amide bonds. The smallest absolute Gasteiger partial charge is 0.407 e. The van der Waals surface area contributed by atoms with Gasteiger partial charge in [0.1, 0.15) is 12.7 Å². The van der Waals surface area contributed by atoms with Crippen molar-refractivity contribution in [2.24, 2.45) is 0 Å². The molecule has 0 fully saturated rings. The van der Waals surface area contributed by atoms with Crippen LogP contribution in [0.5, 0.6) is 0 Å². The summed E-state index contributed by atoms with van der Waals surface area (Å²) >= 11 is 0. The van der Waals surface area contributed by atoms with Crippen LogP contribution in [-0.2, 0) is 11.3 Å². The number of rotatable bonds is 5. The molecule has 1 N–H and O–H groups in total. The maximum atomic E-state index is 11.5. The molecule has 1 heterocycles. The Bertz CT molecular complexity index is 691. The van der Waals surface area contributed by atoms with Gasteiger partial charge in [-0.2, -0.15) is 5.26 Å². The molecule has 22 heavy (non-hydrogen) atoms. The van der Waals surface area contributed by atoms with Crippen LogP contribution in [0.4, 0.5) is 4.79 Å². The maximum absolute atomic E-state index is 11.5. The summed E-state index contributed by atoms with van der Waals surface area (Å²) in [7, 11) is 0. The molecule has 1 aromatic carbocycles. The Morgan fingerprint density at radius 1 is 1.27 bits per heavy atom. The monoisotopic (exact) mass is 293 g/mol. The number of amides is 1. The standard InChI is InChI=1S/C17H15N3O2/c18-12-15-8-4-10-19-16(15)9-5-11-20-17(21)22-13-14-6-2-1-3-7-14/h1-10H,11,13H2,(H,20,21). The van der Waals surface area contributed by atoms with E-state index in [1.54, 1.807) is 30.5 Å². The number of carbonyl (C=O) groups is 1. The normalized spacial score (nSPS) is 10.1. The SMILES string of the molecule is N#Cc1cccnc1C=CCNC(=O)OCc1ccccc1. The summed E-state index contributed by atoms with van der Waals surface area (Å²) in [5.41, 5.74) is 2.00. The molecule has 0 aliphatic rings. The summed E-state index contributed by atoms with van der Waals surface area (Å²) in [6, 6.07) is 14.9. The third-order valence-electron chi connectivity index (χ3n) is 2.81. The number of nitrogens with zero attached hydrogens (tertiary/aromatic N) is 2. The molecule has 110 valence electrons. The van der Waals surface area contributed by atoms with Crippen LogP contribution in [-0.4, -0.2) is 17.6 Å². The second kappa shape index (κ2) is 8.22. The molecule has 0 spiro atoms. The highest BCUT2D eigenvalue weighted by Crippen LogP contribution is 2.05. The number of pyridine rings is 1. The van der Waals surface area contributed by atoms with E-state index in [2.05, 4.69) is 16.4 Å². The van der Waals surface area contributed by atoms with Crippen LogP contribution in [0.1, 0.15) is 16.8 Å². The molecule has 0 atom stereocenters. The zero-order chi connectivity index (χ0) is 15.6. The van der Waals surface area contributed by atoms with Crippen LogP contribution in [0.2, 0.25) is 0 Å². The van der Waals surface area contributed by atoms with Crippen LogP contribution < -0.4 is 5.32 Å². The van der Waals surface area contributed by atoms with Crippen LogP contribution >= 0.6 is 0 Å². The Hall–Kier alpha value is -3.13. The van der Waals surface area contributed by atoms with Crippen molar-refractivity contribution < 1.29 is 9.53 Å². The van der Waals surface area contributed by atoms with Crippen molar-refractivity contribution in [3.05, 3.63) is 71.6 Å². The largest absolute Gasteiger partial charge is 0.445 e. The third-order valence-corrected chi connectivity index (χ3v) is 2.81. The van der Waals surface area contributed by atoms with Gasteiger partial charge in [-0.05, 0) is 23.8 Å². The van der Waals surface area contributed by atoms with E-state index in [1.807, 2.05) is 30.3 Å². The zero-order valence-electron chi connectivity index (χ0n) is 11.9. The van der Waals surface area contributed by atoms with Crippen molar-refractivity contribution in [1.82, 2.24) is 10.3 Å². The predicted molar refractivity (Wildman–Crippen MR) is 82.6 cm³/mol. The molecule has 0 bridgehead atoms. The highest BCUT2D eigenvalue weighted by molar-refractivity contribution is 5.67. The molecule has 0 saturated heterocycles. The van der Waals surface area contributed by atoms with Gasteiger partial charge in [-0.15, -0.1) is 0 Å². The Kier molecular flexibility index (Phi) is 5.70. The van der Waals surface area contributed by atoms with Gasteiger partial charge in [0.25, 0.3) is 0 Å². The average molecular weight is 293 g/mol. The summed E-state index contributed by atoms with van der Waals surface area (Å²) in [4.78, 5) is 15.6. The van der Waals surface area contributed by atoms with Gasteiger partial charge in [-0.25, -0.2) is 4.79 Å². The molecular formula is C17H15N3O2. The van der Waals surface area contributed by atoms with Crippen molar-refractivity contribution in [3.8, 4) is 6.07 Å². The predicted octanol–water partition coefficient (Wildman–Crippen LogP) is 2.89. The van der Waals surface area contributed by atoms with E-state index >= 15 is 0 Å². The molecule has 5 nitrogen and oxygen atoms in total. The van der Waals surface area contributed by atoms with E-state index in [0.717, 1.165) is 5.56 Å². The van der Waals surface area contributed by atoms with E-state index in [-0.39, 0.29) is 6.61 Å². The Morgan fingerprint density at radius 3 is 2.86 bits per heavy atom. The lowest BCUT2D eigenvalue weighted by atomic mass is 10.2. The number of carbonyl (C=O) groups excluding carboxylic acids is 1. The summed E-state index contributed by atoms with van der Waals surface area (Å²) < 4.78 is 5.07. The molecule has 5 heteroatoms. The van der Waals surface area contributed by atoms with Crippen molar-refractivity contribution in [1.29, 1.82) is 5.26 Å². The van der Waals surface area contributed by atoms with E-state index < -0.39 is 6.09 Å². The zero-order valence-corrected chi connectivity index (χ0v) is 11.9. The molecule has 0 radical (unpaired) electrons. The lowest BCUT2D eigenvalue weighted by Crippen LogP contribution is -2.24. The van der Waals surface area contributed by atoms with Crippen LogP contribution in [0.3, 0.4) is 0 Å². The number of alkyl carbamates (subject to hydrolysis) is 1. The second-order valence-electron chi connectivity index (χ2n) is 4.39. The van der Waals surface area contributed by atoms with Crippen molar-refractivity contribution in [2.75, 3.05) is 6.54 Å². The topological polar surface area (TPSA) is 75.0 Å². The number of ether oxygens (including phenoxy) is 1. The van der Waals surface area contributed by atoms with Gasteiger partial charge in [-0.1, -0.05) is 36.4 Å². The van der Waals surface area contributed by atoms with E-state index in [4.69, 9.17) is 10.00 Å². The molecule has 1 aromatic heterocycles. The second-order valence-corrected chi connectivity index (χ2v) is 4.39. The lowest BCUT2D eigenvalue weighted by molar-refractivity contribution is 0.141. The highest BCUT2D eigenvalue weighted by atomic mass is 16.5. The van der Waals surface area contributed by atoms with Gasteiger partial charge >= 0.3 is 6.09 Å². The van der Waals surface area contributed by atoms with E-state index in [9.17, 15) is 4.79 Å². The molecule has 0 saturated carbocycles. The Morgan fingerprint density at radius 2 is 2.09 bits per heavy atom. The van der Waals surface area contributed by atoms with Crippen LogP contribution in [0.15, 0.2) is 54.7 Å². The van der Waals surface area contributed by atoms with Gasteiger partial charge in [0.15, 0.2) is 0 Å². The van der Waals surface area contributed by atoms with Crippen molar-refractivity contribution in [3.63, 3.8) is 0 Å². The fraction of sp³-hybridized carbons (Fsp3) is 0.118. The number of nitrogens with one attached hydrogen (secondary N) is 1. The summed E-state index contributed by atoms with van der Waals surface area (Å²) in [6.07, 6.45) is 4.53. The molecule has 2 rings (SSSR count). The van der Waals surface area contributed by atoms with Crippen molar-refractivity contribution in [2.45, 2.75) is 6.61 Å². The molecule has 0 aliphatic heterocycles. The summed E-state index contributed by atoms with van der Waals surface area (Å²) in [5, 5.41) is 11.5. The van der Waals surface area contributed by atoms with Gasteiger partial charge in [0.05, 0.1) is 11.3 Å². The first-order valence-corrected chi connectivity index (χ1v) is 6.76. The third kappa shape index (κ3) is 4.76. The Balaban J connectivity index is 1.75. The first kappa shape index (κ1) is 15.3. The number of benzene rings is 1. The van der Waals surface area contributed by atoms with E-state index in [0.29, 0.717) is 17.8 Å². The number of hydrogen-bond acceptors (Lipinski definition) is 4. The summed E-state index contributed by atoms with van der Waals surface area (Å²) in [6.45, 7) is 0.532. The molecule has 0 aliphatic carbocycles. The lowest BCUT2D eigenvalue weighted by Gasteiger charge is -2.05. The van der Waals surface area contributed by atoms with Gasteiger partial charge in [-0.3, -0.25) is 4.98 Å². The minimum atomic E-state index is -0.491. The molecule has 2 aromatic rings. The number of hydrogen-bond donors (Lipinski definition) is 1. The van der Waals surface area contributed by atoms with Crippen LogP contribution in [0.25, 0.3) is 6.08 Å². The Labute approximate surface area is 128 Å². The van der Waals surface area contributed by atoms with E-state index in [1.165, 1.54) is 0 Å². The fourth-order valence-electron chi connectivity index (χ4n) is 1.73. The van der Waals surface area contributed by atoms with Gasteiger partial charge in [0, 0.05) is 12.7 Å². The maximum Gasteiger partial charge on any atom is 0.407 e. The van der Waals surface area contributed by atoms with Gasteiger partial charge < -0.3 is 10.1 Å².